The highest BCUT2D eigenvalue weighted by molar-refractivity contribution is 5.41. The lowest BCUT2D eigenvalue weighted by Crippen LogP contribution is -2.08. The van der Waals surface area contributed by atoms with Crippen molar-refractivity contribution in [1.29, 1.82) is 0 Å². The van der Waals surface area contributed by atoms with Crippen LogP contribution in [0.4, 0.5) is 5.82 Å². The molecule has 1 aromatic carbocycles. The highest BCUT2D eigenvalue weighted by Crippen LogP contribution is 2.12. The minimum Gasteiger partial charge on any atom is -0.366 e. The van der Waals surface area contributed by atoms with Crippen LogP contribution in [-0.2, 0) is 13.1 Å². The predicted octanol–water partition coefficient (Wildman–Crippen LogP) is 2.72. The van der Waals surface area contributed by atoms with E-state index in [-0.39, 0.29) is 0 Å². The number of aromatic nitrogens is 1. The fourth-order valence-electron chi connectivity index (χ4n) is 1.84. The van der Waals surface area contributed by atoms with Crippen molar-refractivity contribution in [3.63, 3.8) is 0 Å². The van der Waals surface area contributed by atoms with E-state index in [0.717, 1.165) is 18.9 Å². The van der Waals surface area contributed by atoms with Crippen LogP contribution < -0.4 is 10.6 Å². The molecule has 0 aliphatic heterocycles. The van der Waals surface area contributed by atoms with Gasteiger partial charge in [-0.15, -0.1) is 0 Å². The Morgan fingerprint density at radius 3 is 2.56 bits per heavy atom. The van der Waals surface area contributed by atoms with Crippen molar-refractivity contribution in [3.05, 3.63) is 59.3 Å². The number of hydrogen-bond acceptors (Lipinski definition) is 3. The SMILES string of the molecule is CNCc1cnc(NCc2ccccc2)cc1C. The van der Waals surface area contributed by atoms with Gasteiger partial charge >= 0.3 is 0 Å². The van der Waals surface area contributed by atoms with E-state index in [1.807, 2.05) is 31.4 Å². The van der Waals surface area contributed by atoms with Crippen molar-refractivity contribution in [1.82, 2.24) is 10.3 Å². The molecule has 0 atom stereocenters. The summed E-state index contributed by atoms with van der Waals surface area (Å²) in [5.41, 5.74) is 3.76. The lowest BCUT2D eigenvalue weighted by molar-refractivity contribution is 0.807. The molecule has 2 rings (SSSR count). The molecule has 0 amide bonds. The molecule has 18 heavy (non-hydrogen) atoms. The Labute approximate surface area is 108 Å². The van der Waals surface area contributed by atoms with Gasteiger partial charge in [-0.2, -0.15) is 0 Å². The fraction of sp³-hybridized carbons (Fsp3) is 0.267. The van der Waals surface area contributed by atoms with Crippen LogP contribution in [-0.4, -0.2) is 12.0 Å². The van der Waals surface area contributed by atoms with Gasteiger partial charge in [0.1, 0.15) is 5.82 Å². The van der Waals surface area contributed by atoms with Gasteiger partial charge in [0.05, 0.1) is 0 Å². The molecular formula is C15H19N3. The van der Waals surface area contributed by atoms with Crippen molar-refractivity contribution in [2.75, 3.05) is 12.4 Å². The first-order valence-corrected chi connectivity index (χ1v) is 6.17. The Morgan fingerprint density at radius 2 is 1.89 bits per heavy atom. The lowest BCUT2D eigenvalue weighted by Gasteiger charge is -2.09. The third kappa shape index (κ3) is 3.31. The predicted molar refractivity (Wildman–Crippen MR) is 75.5 cm³/mol. The second-order valence-corrected chi connectivity index (χ2v) is 4.37. The minimum absolute atomic E-state index is 0.804. The van der Waals surface area contributed by atoms with Crippen molar-refractivity contribution >= 4 is 5.82 Å². The molecule has 2 aromatic rings. The Bertz CT molecular complexity index is 494. The molecule has 1 aromatic heterocycles. The van der Waals surface area contributed by atoms with Crippen LogP contribution in [0.3, 0.4) is 0 Å². The molecule has 0 radical (unpaired) electrons. The average Bonchev–Trinajstić information content (AvgIpc) is 2.41. The summed E-state index contributed by atoms with van der Waals surface area (Å²) in [5, 5.41) is 6.48. The van der Waals surface area contributed by atoms with E-state index in [1.165, 1.54) is 16.7 Å². The average molecular weight is 241 g/mol. The van der Waals surface area contributed by atoms with Gasteiger partial charge in [-0.05, 0) is 36.7 Å². The zero-order valence-corrected chi connectivity index (χ0v) is 10.9. The molecule has 3 heteroatoms. The third-order valence-corrected chi connectivity index (χ3v) is 2.90. The first kappa shape index (κ1) is 12.6. The van der Waals surface area contributed by atoms with Gasteiger partial charge < -0.3 is 10.6 Å². The van der Waals surface area contributed by atoms with Crippen LogP contribution in [0.15, 0.2) is 42.6 Å². The number of rotatable bonds is 5. The Morgan fingerprint density at radius 1 is 1.11 bits per heavy atom. The quantitative estimate of drug-likeness (QED) is 0.845. The second kappa shape index (κ2) is 6.17. The smallest absolute Gasteiger partial charge is 0.126 e. The summed E-state index contributed by atoms with van der Waals surface area (Å²) in [6.45, 7) is 3.78. The maximum absolute atomic E-state index is 4.42. The van der Waals surface area contributed by atoms with E-state index in [9.17, 15) is 0 Å². The van der Waals surface area contributed by atoms with Gasteiger partial charge in [0.25, 0.3) is 0 Å². The number of benzene rings is 1. The van der Waals surface area contributed by atoms with Gasteiger partial charge in [0.2, 0.25) is 0 Å². The summed E-state index contributed by atoms with van der Waals surface area (Å²) < 4.78 is 0. The van der Waals surface area contributed by atoms with E-state index in [2.05, 4.69) is 40.7 Å². The zero-order chi connectivity index (χ0) is 12.8. The van der Waals surface area contributed by atoms with Gasteiger partial charge in [-0.1, -0.05) is 30.3 Å². The molecule has 0 saturated carbocycles. The van der Waals surface area contributed by atoms with Crippen molar-refractivity contribution < 1.29 is 0 Å². The van der Waals surface area contributed by atoms with E-state index in [4.69, 9.17) is 0 Å². The second-order valence-electron chi connectivity index (χ2n) is 4.37. The standard InChI is InChI=1S/C15H19N3/c1-12-8-15(18-11-14(12)10-16-2)17-9-13-6-4-3-5-7-13/h3-8,11,16H,9-10H2,1-2H3,(H,17,18). The van der Waals surface area contributed by atoms with E-state index >= 15 is 0 Å². The van der Waals surface area contributed by atoms with Gasteiger partial charge in [0, 0.05) is 19.3 Å². The van der Waals surface area contributed by atoms with Crippen LogP contribution in [0.1, 0.15) is 16.7 Å². The number of aryl methyl sites for hydroxylation is 1. The summed E-state index contributed by atoms with van der Waals surface area (Å²) in [7, 11) is 1.95. The summed E-state index contributed by atoms with van der Waals surface area (Å²) >= 11 is 0. The Hall–Kier alpha value is -1.87. The van der Waals surface area contributed by atoms with E-state index in [1.54, 1.807) is 0 Å². The summed E-state index contributed by atoms with van der Waals surface area (Å²) in [4.78, 5) is 4.42. The summed E-state index contributed by atoms with van der Waals surface area (Å²) in [5.74, 6) is 0.927. The molecule has 0 bridgehead atoms. The minimum atomic E-state index is 0.804. The first-order valence-electron chi connectivity index (χ1n) is 6.17. The normalized spacial score (nSPS) is 10.3. The molecule has 0 aliphatic rings. The molecule has 0 fully saturated rings. The number of nitrogens with zero attached hydrogens (tertiary/aromatic N) is 1. The Balaban J connectivity index is 2.00. The molecule has 3 nitrogen and oxygen atoms in total. The van der Waals surface area contributed by atoms with Crippen LogP contribution in [0.2, 0.25) is 0 Å². The Kier molecular flexibility index (Phi) is 4.31. The third-order valence-electron chi connectivity index (χ3n) is 2.90. The van der Waals surface area contributed by atoms with Gasteiger partial charge in [-0.3, -0.25) is 0 Å². The fourth-order valence-corrected chi connectivity index (χ4v) is 1.84. The highest BCUT2D eigenvalue weighted by atomic mass is 15.0. The molecule has 0 spiro atoms. The number of anilines is 1. The van der Waals surface area contributed by atoms with Gasteiger partial charge in [-0.25, -0.2) is 4.98 Å². The van der Waals surface area contributed by atoms with Crippen molar-refractivity contribution in [2.24, 2.45) is 0 Å². The van der Waals surface area contributed by atoms with Crippen LogP contribution in [0, 0.1) is 6.92 Å². The number of pyridine rings is 1. The topological polar surface area (TPSA) is 37.0 Å². The summed E-state index contributed by atoms with van der Waals surface area (Å²) in [6.07, 6.45) is 1.93. The lowest BCUT2D eigenvalue weighted by atomic mass is 10.1. The maximum atomic E-state index is 4.42. The molecule has 1 heterocycles. The molecule has 94 valence electrons. The molecule has 0 saturated heterocycles. The van der Waals surface area contributed by atoms with Crippen LogP contribution in [0.25, 0.3) is 0 Å². The highest BCUT2D eigenvalue weighted by Gasteiger charge is 2.00. The zero-order valence-electron chi connectivity index (χ0n) is 10.9. The molecule has 0 aliphatic carbocycles. The summed E-state index contributed by atoms with van der Waals surface area (Å²) in [6, 6.07) is 12.4. The van der Waals surface area contributed by atoms with Gasteiger partial charge in [0.15, 0.2) is 0 Å². The largest absolute Gasteiger partial charge is 0.366 e. The molecule has 0 unspecified atom stereocenters. The monoisotopic (exact) mass is 241 g/mol. The number of hydrogen-bond donors (Lipinski definition) is 2. The van der Waals surface area contributed by atoms with Crippen LogP contribution >= 0.6 is 0 Å². The molecular weight excluding hydrogens is 222 g/mol. The molecule has 2 N–H and O–H groups in total. The maximum Gasteiger partial charge on any atom is 0.126 e. The first-order chi connectivity index (χ1) is 8.79. The van der Waals surface area contributed by atoms with Crippen LogP contribution in [0.5, 0.6) is 0 Å². The van der Waals surface area contributed by atoms with Crippen molar-refractivity contribution in [3.8, 4) is 0 Å². The van der Waals surface area contributed by atoms with E-state index in [0.29, 0.717) is 0 Å². The number of nitrogens with one attached hydrogen (secondary N) is 2. The van der Waals surface area contributed by atoms with Crippen molar-refractivity contribution in [2.45, 2.75) is 20.0 Å². The van der Waals surface area contributed by atoms with E-state index < -0.39 is 0 Å².